The van der Waals surface area contributed by atoms with Crippen LogP contribution in [0.1, 0.15) is 44.2 Å². The first-order chi connectivity index (χ1) is 19.6. The number of hydrogen-bond donors (Lipinski definition) is 1. The van der Waals surface area contributed by atoms with Crippen molar-refractivity contribution >= 4 is 39.1 Å². The van der Waals surface area contributed by atoms with E-state index in [0.29, 0.717) is 41.6 Å². The first-order valence-electron chi connectivity index (χ1n) is 13.7. The lowest BCUT2D eigenvalue weighted by molar-refractivity contribution is -0.140. The molecule has 0 saturated carbocycles. The van der Waals surface area contributed by atoms with Crippen molar-refractivity contribution in [2.24, 2.45) is 0 Å². The number of benzene rings is 3. The number of nitrogens with one attached hydrogen (secondary N) is 1. The smallest absolute Gasteiger partial charge is 0.244 e. The number of sulfonamides is 1. The van der Waals surface area contributed by atoms with Gasteiger partial charge in [0.15, 0.2) is 0 Å². The summed E-state index contributed by atoms with van der Waals surface area (Å²) in [6, 6.07) is 22.5. The van der Waals surface area contributed by atoms with Gasteiger partial charge in [0.05, 0.1) is 11.9 Å². The Hall–Kier alpha value is -3.56. The first kappa shape index (κ1) is 32.0. The number of ether oxygens (including phenoxy) is 1. The van der Waals surface area contributed by atoms with Gasteiger partial charge in [0.1, 0.15) is 24.9 Å². The molecule has 0 saturated heterocycles. The summed E-state index contributed by atoms with van der Waals surface area (Å²) in [5.41, 5.74) is 1.97. The van der Waals surface area contributed by atoms with Crippen LogP contribution in [0.2, 0.25) is 5.02 Å². The van der Waals surface area contributed by atoms with Gasteiger partial charge in [-0.3, -0.25) is 13.9 Å². The molecular weight excluding hydrogens is 562 g/mol. The van der Waals surface area contributed by atoms with Crippen molar-refractivity contribution in [1.82, 2.24) is 10.2 Å². The molecule has 3 aromatic rings. The lowest BCUT2D eigenvalue weighted by Gasteiger charge is -2.33. The van der Waals surface area contributed by atoms with E-state index in [-0.39, 0.29) is 12.5 Å². The topological polar surface area (TPSA) is 96.0 Å². The van der Waals surface area contributed by atoms with Gasteiger partial charge in [-0.15, -0.1) is 0 Å². The third-order valence-electron chi connectivity index (χ3n) is 6.57. The molecule has 220 valence electrons. The van der Waals surface area contributed by atoms with Gasteiger partial charge >= 0.3 is 0 Å². The Balaban J connectivity index is 1.84. The van der Waals surface area contributed by atoms with E-state index in [9.17, 15) is 18.0 Å². The lowest BCUT2D eigenvalue weighted by atomic mass is 10.1. The van der Waals surface area contributed by atoms with E-state index in [4.69, 9.17) is 16.3 Å². The van der Waals surface area contributed by atoms with Gasteiger partial charge < -0.3 is 15.0 Å². The summed E-state index contributed by atoms with van der Waals surface area (Å²) in [5.74, 6) is -0.239. The van der Waals surface area contributed by atoms with Crippen molar-refractivity contribution in [3.8, 4) is 5.75 Å². The van der Waals surface area contributed by atoms with Crippen molar-refractivity contribution in [1.29, 1.82) is 0 Å². The molecule has 8 nitrogen and oxygen atoms in total. The van der Waals surface area contributed by atoms with Crippen LogP contribution in [0.5, 0.6) is 5.75 Å². The summed E-state index contributed by atoms with van der Waals surface area (Å²) < 4.78 is 32.6. The monoisotopic (exact) mass is 599 g/mol. The Kier molecular flexibility index (Phi) is 12.0. The third-order valence-corrected chi connectivity index (χ3v) is 8.08. The predicted molar refractivity (Wildman–Crippen MR) is 163 cm³/mol. The summed E-state index contributed by atoms with van der Waals surface area (Å²) in [5, 5.41) is 3.36. The molecule has 41 heavy (non-hydrogen) atoms. The molecule has 0 aromatic heterocycles. The minimum Gasteiger partial charge on any atom is -0.489 e. The summed E-state index contributed by atoms with van der Waals surface area (Å²) in [6.45, 7) is 4.28. The van der Waals surface area contributed by atoms with Crippen LogP contribution in [0, 0.1) is 0 Å². The number of carbonyl (C=O) groups is 2. The van der Waals surface area contributed by atoms with Gasteiger partial charge in [-0.2, -0.15) is 0 Å². The SMILES string of the molecule is CCCCNC(=O)C(CC)N(Cc1ccccc1Cl)C(=O)CN(c1ccc(OCc2ccccc2)cc1)S(C)(=O)=O. The van der Waals surface area contributed by atoms with Crippen LogP contribution < -0.4 is 14.4 Å². The Labute approximate surface area is 248 Å². The van der Waals surface area contributed by atoms with E-state index < -0.39 is 28.5 Å². The summed E-state index contributed by atoms with van der Waals surface area (Å²) >= 11 is 6.40. The maximum atomic E-state index is 13.8. The number of anilines is 1. The molecule has 1 atom stereocenters. The second kappa shape index (κ2) is 15.4. The number of amides is 2. The average Bonchev–Trinajstić information content (AvgIpc) is 2.96. The quantitative estimate of drug-likeness (QED) is 0.236. The molecule has 0 radical (unpaired) electrons. The molecule has 0 bridgehead atoms. The molecule has 0 heterocycles. The standard InChI is InChI=1S/C31H38ClN3O5S/c1-4-6-20-33-31(37)29(5-2)34(21-25-14-10-11-15-28(25)32)30(36)22-35(41(3,38)39)26-16-18-27(19-17-26)40-23-24-12-8-7-9-13-24/h7-19,29H,4-6,20-23H2,1-3H3,(H,33,37). The number of unbranched alkanes of at least 4 members (excludes halogenated alkanes) is 1. The molecule has 0 spiro atoms. The van der Waals surface area contributed by atoms with Gasteiger partial charge in [0.2, 0.25) is 21.8 Å². The summed E-state index contributed by atoms with van der Waals surface area (Å²) in [4.78, 5) is 28.4. The first-order valence-corrected chi connectivity index (χ1v) is 15.9. The Morgan fingerprint density at radius 1 is 0.951 bits per heavy atom. The Bertz CT molecular complexity index is 1380. The highest BCUT2D eigenvalue weighted by molar-refractivity contribution is 7.92. The lowest BCUT2D eigenvalue weighted by Crippen LogP contribution is -2.52. The van der Waals surface area contributed by atoms with E-state index in [2.05, 4.69) is 5.32 Å². The van der Waals surface area contributed by atoms with Gasteiger partial charge in [0, 0.05) is 18.1 Å². The molecule has 1 unspecified atom stereocenters. The van der Waals surface area contributed by atoms with Crippen molar-refractivity contribution in [2.45, 2.75) is 52.3 Å². The van der Waals surface area contributed by atoms with Gasteiger partial charge in [0.25, 0.3) is 0 Å². The highest BCUT2D eigenvalue weighted by atomic mass is 35.5. The zero-order valence-electron chi connectivity index (χ0n) is 23.8. The van der Waals surface area contributed by atoms with E-state index in [1.54, 1.807) is 48.5 Å². The second-order valence-electron chi connectivity index (χ2n) is 9.72. The summed E-state index contributed by atoms with van der Waals surface area (Å²) in [6.07, 6.45) is 3.13. The number of halogens is 1. The van der Waals surface area contributed by atoms with Crippen LogP contribution >= 0.6 is 11.6 Å². The molecule has 0 aliphatic rings. The van der Waals surface area contributed by atoms with Crippen molar-refractivity contribution in [3.05, 3.63) is 95.0 Å². The molecule has 3 aromatic carbocycles. The molecule has 0 aliphatic heterocycles. The highest BCUT2D eigenvalue weighted by Gasteiger charge is 2.32. The van der Waals surface area contributed by atoms with E-state index in [1.807, 2.05) is 44.2 Å². The largest absolute Gasteiger partial charge is 0.489 e. The molecule has 10 heteroatoms. The molecule has 0 aliphatic carbocycles. The zero-order valence-corrected chi connectivity index (χ0v) is 25.3. The normalized spacial score (nSPS) is 11.9. The second-order valence-corrected chi connectivity index (χ2v) is 12.0. The van der Waals surface area contributed by atoms with Crippen LogP contribution in [0.3, 0.4) is 0 Å². The predicted octanol–water partition coefficient (Wildman–Crippen LogP) is 5.41. The maximum Gasteiger partial charge on any atom is 0.244 e. The Morgan fingerprint density at radius 2 is 1.61 bits per heavy atom. The van der Waals surface area contributed by atoms with Crippen LogP contribution in [0.25, 0.3) is 0 Å². The fourth-order valence-corrected chi connectivity index (χ4v) is 5.34. The molecular formula is C31H38ClN3O5S. The molecule has 3 rings (SSSR count). The van der Waals surface area contributed by atoms with Crippen molar-refractivity contribution < 1.29 is 22.7 Å². The average molecular weight is 600 g/mol. The fraction of sp³-hybridized carbons (Fsp3) is 0.355. The van der Waals surface area contributed by atoms with Crippen LogP contribution in [0.4, 0.5) is 5.69 Å². The molecule has 1 N–H and O–H groups in total. The van der Waals surface area contributed by atoms with Gasteiger partial charge in [-0.05, 0) is 54.3 Å². The van der Waals surface area contributed by atoms with Crippen LogP contribution in [-0.4, -0.2) is 50.5 Å². The summed E-state index contributed by atoms with van der Waals surface area (Å²) in [7, 11) is -3.85. The van der Waals surface area contributed by atoms with Crippen molar-refractivity contribution in [2.75, 3.05) is 23.7 Å². The van der Waals surface area contributed by atoms with Crippen LogP contribution in [0.15, 0.2) is 78.9 Å². The number of nitrogens with zero attached hydrogens (tertiary/aromatic N) is 2. The maximum absolute atomic E-state index is 13.8. The Morgan fingerprint density at radius 3 is 2.22 bits per heavy atom. The number of rotatable bonds is 15. The van der Waals surface area contributed by atoms with E-state index >= 15 is 0 Å². The van der Waals surface area contributed by atoms with Gasteiger partial charge in [-0.25, -0.2) is 8.42 Å². The minimum absolute atomic E-state index is 0.0576. The fourth-order valence-electron chi connectivity index (χ4n) is 4.30. The minimum atomic E-state index is -3.85. The van der Waals surface area contributed by atoms with Crippen molar-refractivity contribution in [3.63, 3.8) is 0 Å². The third kappa shape index (κ3) is 9.50. The number of carbonyl (C=O) groups excluding carboxylic acids is 2. The van der Waals surface area contributed by atoms with Crippen LogP contribution in [-0.2, 0) is 32.8 Å². The van der Waals surface area contributed by atoms with E-state index in [0.717, 1.165) is 29.0 Å². The number of hydrogen-bond acceptors (Lipinski definition) is 5. The zero-order chi connectivity index (χ0) is 29.8. The molecule has 0 fully saturated rings. The van der Waals surface area contributed by atoms with Gasteiger partial charge in [-0.1, -0.05) is 80.4 Å². The van der Waals surface area contributed by atoms with E-state index in [1.165, 1.54) is 4.90 Å². The molecule has 2 amide bonds. The highest BCUT2D eigenvalue weighted by Crippen LogP contribution is 2.24.